The van der Waals surface area contributed by atoms with E-state index in [9.17, 15) is 9.36 Å². The lowest BCUT2D eigenvalue weighted by molar-refractivity contribution is -0.0634. The van der Waals surface area contributed by atoms with Gasteiger partial charge in [0.15, 0.2) is 0 Å². The summed E-state index contributed by atoms with van der Waals surface area (Å²) in [7, 11) is -1.70. The van der Waals surface area contributed by atoms with Gasteiger partial charge in [-0.3, -0.25) is 9.09 Å². The third kappa shape index (κ3) is 7.29. The molecule has 1 fully saturated rings. The molecule has 0 saturated carbocycles. The number of ether oxygens (including phenoxy) is 2. The molecule has 1 aromatic heterocycles. The van der Waals surface area contributed by atoms with Crippen molar-refractivity contribution in [1.82, 2.24) is 9.55 Å². The molecule has 2 heterocycles. The summed E-state index contributed by atoms with van der Waals surface area (Å²) in [4.78, 5) is 34.1. The number of aromatic nitrogens is 2. The van der Waals surface area contributed by atoms with Gasteiger partial charge in [0.1, 0.15) is 23.6 Å². The normalized spacial score (nSPS) is 22.9. The van der Waals surface area contributed by atoms with Crippen molar-refractivity contribution in [1.29, 1.82) is 0 Å². The lowest BCUT2D eigenvalue weighted by Gasteiger charge is -2.22. The van der Waals surface area contributed by atoms with Crippen LogP contribution in [0.4, 0.5) is 5.82 Å². The molecule has 0 amide bonds. The largest absolute Gasteiger partial charge is 0.469 e. The second-order valence-electron chi connectivity index (χ2n) is 5.89. The summed E-state index contributed by atoms with van der Waals surface area (Å²) in [6.45, 7) is 1.55. The second kappa shape index (κ2) is 10.8. The zero-order chi connectivity index (χ0) is 21.6. The molecule has 1 saturated heterocycles. The lowest BCUT2D eigenvalue weighted by atomic mass is 10.2. The molecular formula is C15H23N4O7PS2. The van der Waals surface area contributed by atoms with Gasteiger partial charge in [0.25, 0.3) is 0 Å². The predicted octanol–water partition coefficient (Wildman–Crippen LogP) is 0.275. The Morgan fingerprint density at radius 3 is 2.90 bits per heavy atom. The number of hydrogen-bond donors (Lipinski definition) is 4. The molecule has 1 aliphatic rings. The molecule has 2 rings (SSSR count). The molecule has 1 aromatic rings. The van der Waals surface area contributed by atoms with Crippen molar-refractivity contribution in [3.05, 3.63) is 22.2 Å². The summed E-state index contributed by atoms with van der Waals surface area (Å²) in [5.41, 5.74) is 10.6. The Hall–Kier alpha value is -1.07. The number of phosphoric acid groups is 1. The van der Waals surface area contributed by atoms with Crippen LogP contribution in [0.15, 0.2) is 11.0 Å². The summed E-state index contributed by atoms with van der Waals surface area (Å²) >= 11 is 0. The first kappa shape index (κ1) is 24.2. The Balaban J connectivity index is 2.27. The summed E-state index contributed by atoms with van der Waals surface area (Å²) in [6, 6.07) is 0. The number of hydrogen-bond acceptors (Lipinski definition) is 10. The van der Waals surface area contributed by atoms with E-state index in [4.69, 9.17) is 30.7 Å². The number of nitrogens with two attached hydrogens (primary N) is 2. The summed E-state index contributed by atoms with van der Waals surface area (Å²) in [6.07, 6.45) is 1.39. The van der Waals surface area contributed by atoms with E-state index >= 15 is 0 Å². The van der Waals surface area contributed by atoms with E-state index < -0.39 is 38.6 Å². The number of phosphoric ester groups is 1. The van der Waals surface area contributed by atoms with E-state index in [1.54, 1.807) is 0 Å². The first-order chi connectivity index (χ1) is 13.6. The van der Waals surface area contributed by atoms with E-state index in [-0.39, 0.29) is 24.2 Å². The van der Waals surface area contributed by atoms with Gasteiger partial charge in [0.05, 0.1) is 24.8 Å². The monoisotopic (exact) mass is 466 g/mol. The number of nitrogens with zero attached hydrogens (tertiary/aromatic N) is 2. The van der Waals surface area contributed by atoms with Crippen LogP contribution in [0.5, 0.6) is 0 Å². The highest BCUT2D eigenvalue weighted by Gasteiger charge is 2.40. The zero-order valence-electron chi connectivity index (χ0n) is 15.8. The Morgan fingerprint density at radius 1 is 1.55 bits per heavy atom. The first-order valence-electron chi connectivity index (χ1n) is 8.42. The fourth-order valence-electron chi connectivity index (χ4n) is 2.67. The molecule has 11 nitrogen and oxygen atoms in total. The molecule has 0 bridgehead atoms. The van der Waals surface area contributed by atoms with E-state index in [1.165, 1.54) is 32.4 Å². The van der Waals surface area contributed by atoms with Crippen LogP contribution >= 0.6 is 29.4 Å². The van der Waals surface area contributed by atoms with Gasteiger partial charge < -0.3 is 30.7 Å². The smallest absolute Gasteiger partial charge is 0.382 e. The van der Waals surface area contributed by atoms with Crippen molar-refractivity contribution in [2.45, 2.75) is 37.2 Å². The number of rotatable bonds is 8. The van der Waals surface area contributed by atoms with Crippen molar-refractivity contribution in [3.8, 4) is 11.8 Å². The Bertz CT molecular complexity index is 868. The van der Waals surface area contributed by atoms with Crippen molar-refractivity contribution in [3.63, 3.8) is 0 Å². The van der Waals surface area contributed by atoms with Crippen LogP contribution in [0.3, 0.4) is 0 Å². The molecule has 162 valence electrons. The topological polar surface area (TPSA) is 172 Å². The van der Waals surface area contributed by atoms with Crippen molar-refractivity contribution < 1.29 is 28.3 Å². The van der Waals surface area contributed by atoms with E-state index in [0.717, 1.165) is 0 Å². The SMILES string of the molecule is CSS[C@@H](C)OC1C[C@H](n2cc(C#CCN)c(N)nc2=O)O[C@@H]1COP(=O)(O)O. The standard InChI is InChI=1S/C15H23N4O7PS2/c1-9(29-28-2)25-11-6-13(26-12(11)8-24-27(21,22)23)19-7-10(4-3-5-16)14(17)18-15(19)20/h7,9,11-13H,5-6,8,16H2,1-2H3,(H2,17,18,20)(H2,21,22,23)/t9-,11?,12+,13+/m0/s1. The first-order valence-corrected chi connectivity index (χ1v) is 12.6. The molecule has 0 aliphatic carbocycles. The molecule has 1 unspecified atom stereocenters. The van der Waals surface area contributed by atoms with E-state index in [1.807, 2.05) is 13.2 Å². The highest BCUT2D eigenvalue weighted by atomic mass is 33.1. The number of anilines is 1. The highest BCUT2D eigenvalue weighted by Crippen LogP contribution is 2.39. The van der Waals surface area contributed by atoms with Gasteiger partial charge in [-0.05, 0) is 13.2 Å². The Morgan fingerprint density at radius 2 is 2.28 bits per heavy atom. The van der Waals surface area contributed by atoms with Crippen LogP contribution in [-0.4, -0.2) is 56.4 Å². The Kier molecular flexibility index (Phi) is 9.02. The van der Waals surface area contributed by atoms with Crippen LogP contribution in [0.1, 0.15) is 25.1 Å². The minimum absolute atomic E-state index is 0.0237. The zero-order valence-corrected chi connectivity index (χ0v) is 18.3. The summed E-state index contributed by atoms with van der Waals surface area (Å²) in [5.74, 6) is 5.36. The molecular weight excluding hydrogens is 443 g/mol. The molecule has 4 atom stereocenters. The average molecular weight is 466 g/mol. The maximum Gasteiger partial charge on any atom is 0.469 e. The van der Waals surface area contributed by atoms with Gasteiger partial charge >= 0.3 is 13.5 Å². The van der Waals surface area contributed by atoms with E-state index in [0.29, 0.717) is 5.56 Å². The van der Waals surface area contributed by atoms with Crippen molar-refractivity contribution in [2.24, 2.45) is 5.73 Å². The average Bonchev–Trinajstić information content (AvgIpc) is 3.01. The number of nitrogen functional groups attached to an aromatic ring is 1. The molecule has 29 heavy (non-hydrogen) atoms. The van der Waals surface area contributed by atoms with E-state index in [2.05, 4.69) is 21.3 Å². The fraction of sp³-hybridized carbons (Fsp3) is 0.600. The van der Waals surface area contributed by atoms with Crippen LogP contribution in [0.2, 0.25) is 0 Å². The van der Waals surface area contributed by atoms with Gasteiger partial charge in [-0.25, -0.2) is 9.36 Å². The van der Waals surface area contributed by atoms with Crippen molar-refractivity contribution >= 4 is 35.2 Å². The maximum absolute atomic E-state index is 12.3. The predicted molar refractivity (Wildman–Crippen MR) is 111 cm³/mol. The summed E-state index contributed by atoms with van der Waals surface area (Å²) in [5, 5.41) is 0. The molecule has 14 heteroatoms. The van der Waals surface area contributed by atoms with Gasteiger partial charge in [-0.1, -0.05) is 33.4 Å². The minimum Gasteiger partial charge on any atom is -0.382 e. The molecule has 0 aromatic carbocycles. The van der Waals surface area contributed by atoms with Gasteiger partial charge in [0.2, 0.25) is 0 Å². The maximum atomic E-state index is 12.3. The molecule has 0 radical (unpaired) electrons. The van der Waals surface area contributed by atoms with Gasteiger partial charge in [0, 0.05) is 12.6 Å². The highest BCUT2D eigenvalue weighted by molar-refractivity contribution is 8.76. The second-order valence-corrected chi connectivity index (χ2v) is 9.90. The van der Waals surface area contributed by atoms with Gasteiger partial charge in [-0.2, -0.15) is 4.98 Å². The summed E-state index contributed by atoms with van der Waals surface area (Å²) < 4.78 is 28.6. The van der Waals surface area contributed by atoms with Crippen LogP contribution in [-0.2, 0) is 18.6 Å². The third-order valence-electron chi connectivity index (χ3n) is 3.80. The van der Waals surface area contributed by atoms with Crippen LogP contribution in [0.25, 0.3) is 0 Å². The molecule has 1 aliphatic heterocycles. The van der Waals surface area contributed by atoms with Crippen LogP contribution in [0, 0.1) is 11.8 Å². The van der Waals surface area contributed by atoms with Crippen molar-refractivity contribution in [2.75, 3.05) is 25.1 Å². The third-order valence-corrected chi connectivity index (χ3v) is 6.25. The minimum atomic E-state index is -4.69. The van der Waals surface area contributed by atoms with Gasteiger partial charge in [-0.15, -0.1) is 0 Å². The quantitative estimate of drug-likeness (QED) is 0.179. The Labute approximate surface area is 175 Å². The molecule has 6 N–H and O–H groups in total. The van der Waals surface area contributed by atoms with Crippen LogP contribution < -0.4 is 17.2 Å². The molecule has 0 spiro atoms. The lowest BCUT2D eigenvalue weighted by Crippen LogP contribution is -2.31. The fourth-order valence-corrected chi connectivity index (χ4v) is 4.42.